The number of nitro groups is 1. The minimum atomic E-state index is -0.431. The highest BCUT2D eigenvalue weighted by atomic mass is 32.2. The van der Waals surface area contributed by atoms with Crippen molar-refractivity contribution in [1.29, 1.82) is 0 Å². The maximum atomic E-state index is 11.1. The first-order valence-electron chi connectivity index (χ1n) is 7.58. The first-order valence-corrected chi connectivity index (χ1v) is 9.38. The third kappa shape index (κ3) is 4.02. The maximum absolute atomic E-state index is 11.1. The lowest BCUT2D eigenvalue weighted by molar-refractivity contribution is -0.385. The van der Waals surface area contributed by atoms with E-state index in [0.29, 0.717) is 12.4 Å². The number of methoxy groups -OCH3 is 1. The summed E-state index contributed by atoms with van der Waals surface area (Å²) >= 11 is 3.14. The van der Waals surface area contributed by atoms with Gasteiger partial charge in [0.15, 0.2) is 10.1 Å². The zero-order valence-corrected chi connectivity index (χ0v) is 15.4. The van der Waals surface area contributed by atoms with E-state index in [2.05, 4.69) is 4.98 Å². The number of hydrogen-bond donors (Lipinski definition) is 0. The molecule has 0 saturated heterocycles. The fraction of sp³-hybridized carbons (Fsp3) is 0.235. The van der Waals surface area contributed by atoms with E-state index in [1.165, 1.54) is 7.11 Å². The highest BCUT2D eigenvalue weighted by Gasteiger charge is 2.15. The molecule has 8 heteroatoms. The summed E-state index contributed by atoms with van der Waals surface area (Å²) in [5.74, 6) is 1.70. The van der Waals surface area contributed by atoms with E-state index in [4.69, 9.17) is 9.47 Å². The quantitative estimate of drug-likeness (QED) is 0.331. The zero-order valence-electron chi connectivity index (χ0n) is 13.7. The Balaban J connectivity index is 1.76. The first kappa shape index (κ1) is 17.5. The van der Waals surface area contributed by atoms with Crippen LogP contribution in [-0.4, -0.2) is 23.6 Å². The summed E-state index contributed by atoms with van der Waals surface area (Å²) in [4.78, 5) is 15.3. The van der Waals surface area contributed by atoms with Crippen LogP contribution in [-0.2, 0) is 5.75 Å². The molecule has 0 saturated carbocycles. The van der Waals surface area contributed by atoms with Gasteiger partial charge in [0.2, 0.25) is 0 Å². The summed E-state index contributed by atoms with van der Waals surface area (Å²) < 4.78 is 12.5. The Hall–Kier alpha value is -2.32. The lowest BCUT2D eigenvalue weighted by Crippen LogP contribution is -1.94. The van der Waals surface area contributed by atoms with Crippen LogP contribution in [0.3, 0.4) is 0 Å². The predicted octanol–water partition coefficient (Wildman–Crippen LogP) is 4.90. The van der Waals surface area contributed by atoms with Gasteiger partial charge in [-0.1, -0.05) is 17.8 Å². The molecule has 0 spiro atoms. The molecular formula is C17H16N2O4S2. The molecule has 0 aliphatic heterocycles. The van der Waals surface area contributed by atoms with Gasteiger partial charge >= 0.3 is 5.69 Å². The van der Waals surface area contributed by atoms with E-state index in [1.807, 2.05) is 31.2 Å². The van der Waals surface area contributed by atoms with Gasteiger partial charge in [0.25, 0.3) is 0 Å². The molecule has 3 rings (SSSR count). The monoisotopic (exact) mass is 376 g/mol. The lowest BCUT2D eigenvalue weighted by atomic mass is 10.2. The van der Waals surface area contributed by atoms with Crippen LogP contribution in [0, 0.1) is 10.1 Å². The highest BCUT2D eigenvalue weighted by molar-refractivity contribution is 8.00. The molecule has 0 bridgehead atoms. The molecule has 0 radical (unpaired) electrons. The Labute approximate surface area is 152 Å². The summed E-state index contributed by atoms with van der Waals surface area (Å²) in [6.07, 6.45) is 0. The van der Waals surface area contributed by atoms with Crippen LogP contribution in [0.5, 0.6) is 11.5 Å². The SMILES string of the molecule is CCOc1ccc2nc(SCc3ccc(OC)c([N+](=O)[O-])c3)sc2c1. The summed E-state index contributed by atoms with van der Waals surface area (Å²) in [6.45, 7) is 2.58. The Morgan fingerprint density at radius 2 is 2.12 bits per heavy atom. The number of rotatable bonds is 7. The molecular weight excluding hydrogens is 360 g/mol. The van der Waals surface area contributed by atoms with E-state index in [9.17, 15) is 10.1 Å². The lowest BCUT2D eigenvalue weighted by Gasteiger charge is -2.04. The van der Waals surface area contributed by atoms with Crippen molar-refractivity contribution in [3.8, 4) is 11.5 Å². The van der Waals surface area contributed by atoms with Gasteiger partial charge in [0.1, 0.15) is 5.75 Å². The second kappa shape index (κ2) is 7.71. The molecule has 6 nitrogen and oxygen atoms in total. The normalized spacial score (nSPS) is 10.8. The molecule has 0 fully saturated rings. The van der Waals surface area contributed by atoms with Crippen molar-refractivity contribution in [2.45, 2.75) is 17.0 Å². The van der Waals surface area contributed by atoms with Crippen LogP contribution in [0.25, 0.3) is 10.2 Å². The zero-order chi connectivity index (χ0) is 17.8. The van der Waals surface area contributed by atoms with Crippen LogP contribution < -0.4 is 9.47 Å². The standard InChI is InChI=1S/C17H16N2O4S2/c1-3-23-12-5-6-13-16(9-12)25-17(18-13)24-10-11-4-7-15(22-2)14(8-11)19(20)21/h4-9H,3,10H2,1-2H3. The number of nitrogens with zero attached hydrogens (tertiary/aromatic N) is 2. The van der Waals surface area contributed by atoms with Crippen molar-refractivity contribution in [3.05, 3.63) is 52.1 Å². The molecule has 0 atom stereocenters. The van der Waals surface area contributed by atoms with Crippen LogP contribution in [0.15, 0.2) is 40.7 Å². The average Bonchev–Trinajstić information content (AvgIpc) is 3.02. The van der Waals surface area contributed by atoms with E-state index in [1.54, 1.807) is 35.2 Å². The summed E-state index contributed by atoms with van der Waals surface area (Å²) in [5, 5.41) is 11.1. The minimum absolute atomic E-state index is 0.0220. The maximum Gasteiger partial charge on any atom is 0.311 e. The summed E-state index contributed by atoms with van der Waals surface area (Å²) in [5.41, 5.74) is 1.76. The van der Waals surface area contributed by atoms with Crippen molar-refractivity contribution < 1.29 is 14.4 Å². The number of aromatic nitrogens is 1. The van der Waals surface area contributed by atoms with Gasteiger partial charge in [0.05, 0.1) is 28.9 Å². The predicted molar refractivity (Wildman–Crippen MR) is 100.0 cm³/mol. The summed E-state index contributed by atoms with van der Waals surface area (Å²) in [7, 11) is 1.42. The number of benzene rings is 2. The van der Waals surface area contributed by atoms with Crippen LogP contribution in [0.1, 0.15) is 12.5 Å². The molecule has 0 unspecified atom stereocenters. The van der Waals surface area contributed by atoms with Crippen molar-refractivity contribution in [2.75, 3.05) is 13.7 Å². The molecule has 1 aromatic heterocycles. The molecule has 0 aliphatic rings. The van der Waals surface area contributed by atoms with Gasteiger partial charge < -0.3 is 9.47 Å². The molecule has 0 aliphatic carbocycles. The number of nitro benzene ring substituents is 1. The molecule has 0 N–H and O–H groups in total. The van der Waals surface area contributed by atoms with Crippen molar-refractivity contribution in [2.24, 2.45) is 0 Å². The van der Waals surface area contributed by atoms with Crippen molar-refractivity contribution >= 4 is 39.0 Å². The fourth-order valence-corrected chi connectivity index (χ4v) is 4.35. The van der Waals surface area contributed by atoms with Crippen LogP contribution in [0.2, 0.25) is 0 Å². The van der Waals surface area contributed by atoms with Crippen molar-refractivity contribution in [3.63, 3.8) is 0 Å². The van der Waals surface area contributed by atoms with E-state index in [-0.39, 0.29) is 11.4 Å². The molecule has 2 aromatic carbocycles. The first-order chi connectivity index (χ1) is 12.1. The Kier molecular flexibility index (Phi) is 5.40. The third-order valence-corrected chi connectivity index (χ3v) is 5.69. The van der Waals surface area contributed by atoms with E-state index in [0.717, 1.165) is 25.9 Å². The van der Waals surface area contributed by atoms with Gasteiger partial charge in [-0.25, -0.2) is 4.98 Å². The molecule has 25 heavy (non-hydrogen) atoms. The van der Waals surface area contributed by atoms with Crippen LogP contribution in [0.4, 0.5) is 5.69 Å². The van der Waals surface area contributed by atoms with E-state index < -0.39 is 4.92 Å². The molecule has 1 heterocycles. The molecule has 0 amide bonds. The van der Waals surface area contributed by atoms with E-state index >= 15 is 0 Å². The van der Waals surface area contributed by atoms with Gasteiger partial charge in [0, 0.05) is 11.8 Å². The number of thiazole rings is 1. The largest absolute Gasteiger partial charge is 0.494 e. The average molecular weight is 376 g/mol. The number of hydrogen-bond acceptors (Lipinski definition) is 7. The molecule has 3 aromatic rings. The summed E-state index contributed by atoms with van der Waals surface area (Å²) in [6, 6.07) is 10.8. The van der Waals surface area contributed by atoms with Gasteiger partial charge in [-0.05, 0) is 36.8 Å². The van der Waals surface area contributed by atoms with Gasteiger partial charge in [-0.3, -0.25) is 10.1 Å². The fourth-order valence-electron chi connectivity index (χ4n) is 2.32. The van der Waals surface area contributed by atoms with Crippen molar-refractivity contribution in [1.82, 2.24) is 4.98 Å². The molecule has 130 valence electrons. The Morgan fingerprint density at radius 3 is 2.84 bits per heavy atom. The second-order valence-corrected chi connectivity index (χ2v) is 7.35. The van der Waals surface area contributed by atoms with Crippen LogP contribution >= 0.6 is 23.1 Å². The van der Waals surface area contributed by atoms with Gasteiger partial charge in [-0.2, -0.15) is 0 Å². The Morgan fingerprint density at radius 1 is 1.28 bits per heavy atom. The number of thioether (sulfide) groups is 1. The highest BCUT2D eigenvalue weighted by Crippen LogP contribution is 2.35. The number of fused-ring (bicyclic) bond motifs is 1. The second-order valence-electron chi connectivity index (χ2n) is 5.09. The Bertz CT molecular complexity index is 911. The smallest absolute Gasteiger partial charge is 0.311 e. The number of ether oxygens (including phenoxy) is 2. The third-order valence-electron chi connectivity index (χ3n) is 3.45. The minimum Gasteiger partial charge on any atom is -0.494 e. The topological polar surface area (TPSA) is 74.5 Å². The van der Waals surface area contributed by atoms with Gasteiger partial charge in [-0.15, -0.1) is 11.3 Å².